The van der Waals surface area contributed by atoms with Crippen LogP contribution in [-0.4, -0.2) is 32.7 Å². The molecule has 4 nitrogen and oxygen atoms in total. The SMILES string of the molecule is COc1ccc([C@@H]2NC[C@@H](CCl)O2)c(OC)c1. The van der Waals surface area contributed by atoms with Crippen molar-refractivity contribution in [2.45, 2.75) is 12.3 Å². The molecule has 0 aliphatic carbocycles. The van der Waals surface area contributed by atoms with Crippen LogP contribution in [0, 0.1) is 0 Å². The van der Waals surface area contributed by atoms with Crippen LogP contribution in [0.3, 0.4) is 0 Å². The molecule has 94 valence electrons. The maximum atomic E-state index is 5.77. The summed E-state index contributed by atoms with van der Waals surface area (Å²) in [5, 5.41) is 3.26. The van der Waals surface area contributed by atoms with Crippen LogP contribution in [-0.2, 0) is 4.74 Å². The molecule has 1 saturated heterocycles. The molecule has 0 unspecified atom stereocenters. The Morgan fingerprint density at radius 3 is 2.82 bits per heavy atom. The summed E-state index contributed by atoms with van der Waals surface area (Å²) in [6.07, 6.45) is -0.118. The second kappa shape index (κ2) is 5.58. The average Bonchev–Trinajstić information content (AvgIpc) is 2.86. The summed E-state index contributed by atoms with van der Waals surface area (Å²) < 4.78 is 16.2. The number of ether oxygens (including phenoxy) is 3. The van der Waals surface area contributed by atoms with E-state index in [2.05, 4.69) is 5.32 Å². The van der Waals surface area contributed by atoms with E-state index in [-0.39, 0.29) is 12.3 Å². The van der Waals surface area contributed by atoms with E-state index in [0.717, 1.165) is 23.6 Å². The molecule has 2 rings (SSSR count). The van der Waals surface area contributed by atoms with Gasteiger partial charge in [-0.05, 0) is 12.1 Å². The van der Waals surface area contributed by atoms with E-state index >= 15 is 0 Å². The maximum Gasteiger partial charge on any atom is 0.138 e. The molecular weight excluding hydrogens is 242 g/mol. The summed E-state index contributed by atoms with van der Waals surface area (Å²) in [5.74, 6) is 2.00. The van der Waals surface area contributed by atoms with Crippen molar-refractivity contribution in [1.29, 1.82) is 0 Å². The van der Waals surface area contributed by atoms with Gasteiger partial charge in [-0.2, -0.15) is 0 Å². The van der Waals surface area contributed by atoms with Crippen molar-refractivity contribution in [3.05, 3.63) is 23.8 Å². The number of hydrogen-bond acceptors (Lipinski definition) is 4. The third kappa shape index (κ3) is 2.65. The average molecular weight is 258 g/mol. The zero-order chi connectivity index (χ0) is 12.3. The largest absolute Gasteiger partial charge is 0.497 e. The zero-order valence-electron chi connectivity index (χ0n) is 9.90. The van der Waals surface area contributed by atoms with Gasteiger partial charge in [0.05, 0.1) is 20.3 Å². The number of methoxy groups -OCH3 is 2. The second-order valence-electron chi connectivity index (χ2n) is 3.81. The molecule has 0 spiro atoms. The number of hydrogen-bond donors (Lipinski definition) is 1. The minimum atomic E-state index is -0.167. The first-order chi connectivity index (χ1) is 8.28. The van der Waals surface area contributed by atoms with Crippen molar-refractivity contribution in [3.63, 3.8) is 0 Å². The zero-order valence-corrected chi connectivity index (χ0v) is 10.7. The molecule has 1 aliphatic heterocycles. The summed E-state index contributed by atoms with van der Waals surface area (Å²) in [6, 6.07) is 5.66. The first-order valence-corrected chi connectivity index (χ1v) is 5.98. The van der Waals surface area contributed by atoms with Gasteiger partial charge in [0.2, 0.25) is 0 Å². The van der Waals surface area contributed by atoms with E-state index in [1.807, 2.05) is 18.2 Å². The fraction of sp³-hybridized carbons (Fsp3) is 0.500. The predicted molar refractivity (Wildman–Crippen MR) is 65.9 cm³/mol. The lowest BCUT2D eigenvalue weighted by Gasteiger charge is -2.16. The first kappa shape index (κ1) is 12.5. The number of benzene rings is 1. The van der Waals surface area contributed by atoms with Crippen LogP contribution in [0.15, 0.2) is 18.2 Å². The Morgan fingerprint density at radius 1 is 1.41 bits per heavy atom. The highest BCUT2D eigenvalue weighted by Crippen LogP contribution is 2.32. The monoisotopic (exact) mass is 257 g/mol. The minimum Gasteiger partial charge on any atom is -0.497 e. The summed E-state index contributed by atoms with van der Waals surface area (Å²) in [5.41, 5.74) is 0.959. The number of rotatable bonds is 4. The Balaban J connectivity index is 2.20. The van der Waals surface area contributed by atoms with Crippen LogP contribution in [0.5, 0.6) is 11.5 Å². The first-order valence-electron chi connectivity index (χ1n) is 5.45. The summed E-state index contributed by atoms with van der Waals surface area (Å²) >= 11 is 5.77. The van der Waals surface area contributed by atoms with Crippen molar-refractivity contribution in [2.24, 2.45) is 0 Å². The Hall–Kier alpha value is -0.970. The highest BCUT2D eigenvalue weighted by Gasteiger charge is 2.27. The van der Waals surface area contributed by atoms with Crippen molar-refractivity contribution in [1.82, 2.24) is 5.32 Å². The smallest absolute Gasteiger partial charge is 0.138 e. The topological polar surface area (TPSA) is 39.7 Å². The van der Waals surface area contributed by atoms with Crippen LogP contribution in [0.4, 0.5) is 0 Å². The van der Waals surface area contributed by atoms with E-state index in [4.69, 9.17) is 25.8 Å². The molecule has 0 bridgehead atoms. The van der Waals surface area contributed by atoms with Crippen LogP contribution >= 0.6 is 11.6 Å². The van der Waals surface area contributed by atoms with Gasteiger partial charge in [0.15, 0.2) is 0 Å². The van der Waals surface area contributed by atoms with Crippen LogP contribution in [0.1, 0.15) is 11.8 Å². The molecule has 1 heterocycles. The molecule has 17 heavy (non-hydrogen) atoms. The van der Waals surface area contributed by atoms with Crippen molar-refractivity contribution < 1.29 is 14.2 Å². The maximum absolute atomic E-state index is 5.77. The fourth-order valence-corrected chi connectivity index (χ4v) is 2.02. The summed E-state index contributed by atoms with van der Waals surface area (Å²) in [6.45, 7) is 0.753. The van der Waals surface area contributed by atoms with Crippen LogP contribution < -0.4 is 14.8 Å². The lowest BCUT2D eigenvalue weighted by molar-refractivity contribution is 0.0512. The quantitative estimate of drug-likeness (QED) is 0.837. The van der Waals surface area contributed by atoms with Gasteiger partial charge in [0.25, 0.3) is 0 Å². The normalized spacial score (nSPS) is 23.7. The Morgan fingerprint density at radius 2 is 2.24 bits per heavy atom. The third-order valence-electron chi connectivity index (χ3n) is 2.75. The fourth-order valence-electron chi connectivity index (χ4n) is 1.84. The van der Waals surface area contributed by atoms with Gasteiger partial charge < -0.3 is 14.2 Å². The highest BCUT2D eigenvalue weighted by molar-refractivity contribution is 6.18. The van der Waals surface area contributed by atoms with Gasteiger partial charge in [0.1, 0.15) is 17.7 Å². The number of halogens is 1. The van der Waals surface area contributed by atoms with Gasteiger partial charge in [-0.1, -0.05) is 0 Å². The molecule has 1 aromatic carbocycles. The van der Waals surface area contributed by atoms with Crippen LogP contribution in [0.25, 0.3) is 0 Å². The highest BCUT2D eigenvalue weighted by atomic mass is 35.5. The van der Waals surface area contributed by atoms with E-state index in [0.29, 0.717) is 5.88 Å². The van der Waals surface area contributed by atoms with Crippen LogP contribution in [0.2, 0.25) is 0 Å². The van der Waals surface area contributed by atoms with Gasteiger partial charge in [0, 0.05) is 24.1 Å². The molecule has 1 aliphatic rings. The van der Waals surface area contributed by atoms with E-state index in [9.17, 15) is 0 Å². The van der Waals surface area contributed by atoms with Crippen molar-refractivity contribution in [3.8, 4) is 11.5 Å². The van der Waals surface area contributed by atoms with Gasteiger partial charge in [-0.25, -0.2) is 0 Å². The Kier molecular flexibility index (Phi) is 4.10. The molecular formula is C12H16ClNO3. The molecule has 1 N–H and O–H groups in total. The molecule has 5 heteroatoms. The molecule has 0 radical (unpaired) electrons. The van der Waals surface area contributed by atoms with E-state index in [1.165, 1.54) is 0 Å². The predicted octanol–water partition coefficient (Wildman–Crippen LogP) is 1.93. The van der Waals surface area contributed by atoms with Gasteiger partial charge >= 0.3 is 0 Å². The van der Waals surface area contributed by atoms with Gasteiger partial charge in [-0.3, -0.25) is 5.32 Å². The molecule has 2 atom stereocenters. The standard InChI is InChI=1S/C12H16ClNO3/c1-15-8-3-4-10(11(5-8)16-2)12-14-7-9(6-13)17-12/h3-5,9,12,14H,6-7H2,1-2H3/t9-,12-/m1/s1. The lowest BCUT2D eigenvalue weighted by atomic mass is 10.1. The molecule has 1 aromatic rings. The van der Waals surface area contributed by atoms with Crippen molar-refractivity contribution >= 4 is 11.6 Å². The number of nitrogens with one attached hydrogen (secondary N) is 1. The van der Waals surface area contributed by atoms with Gasteiger partial charge in [-0.15, -0.1) is 11.6 Å². The molecule has 0 aromatic heterocycles. The van der Waals surface area contributed by atoms with Crippen molar-refractivity contribution in [2.75, 3.05) is 26.6 Å². The lowest BCUT2D eigenvalue weighted by Crippen LogP contribution is -2.16. The second-order valence-corrected chi connectivity index (χ2v) is 4.12. The van der Waals surface area contributed by atoms with E-state index < -0.39 is 0 Å². The van der Waals surface area contributed by atoms with E-state index in [1.54, 1.807) is 14.2 Å². The third-order valence-corrected chi connectivity index (χ3v) is 3.10. The minimum absolute atomic E-state index is 0.0495. The summed E-state index contributed by atoms with van der Waals surface area (Å²) in [4.78, 5) is 0. The Bertz CT molecular complexity index is 386. The molecule has 1 fully saturated rings. The Labute approximate surface area is 106 Å². The molecule has 0 amide bonds. The molecule has 0 saturated carbocycles. The number of alkyl halides is 1. The summed E-state index contributed by atoms with van der Waals surface area (Å²) in [7, 11) is 3.26.